The minimum Gasteiger partial charge on any atom is -0.494 e. The number of hydrogen-bond acceptors (Lipinski definition) is 5. The Morgan fingerprint density at radius 2 is 1.58 bits per heavy atom. The fourth-order valence-electron chi connectivity index (χ4n) is 5.30. The number of aliphatic imine (C=N–C) groups is 1. The van der Waals surface area contributed by atoms with E-state index in [0.29, 0.717) is 37.6 Å². The molecule has 1 amide bonds. The van der Waals surface area contributed by atoms with E-state index in [0.717, 1.165) is 40.4 Å². The van der Waals surface area contributed by atoms with Gasteiger partial charge in [0.2, 0.25) is 5.90 Å². The zero-order valence-electron chi connectivity index (χ0n) is 24.1. The normalized spacial score (nSPS) is 17.6. The van der Waals surface area contributed by atoms with Crippen molar-refractivity contribution in [3.05, 3.63) is 136 Å². The van der Waals surface area contributed by atoms with E-state index in [1.54, 1.807) is 0 Å². The van der Waals surface area contributed by atoms with Crippen molar-refractivity contribution >= 4 is 27.7 Å². The molecule has 0 saturated carbocycles. The molecule has 5 rings (SSSR count). The molecule has 0 aromatic heterocycles. The Morgan fingerprint density at radius 3 is 2.30 bits per heavy atom. The molecule has 6 nitrogen and oxygen atoms in total. The van der Waals surface area contributed by atoms with Crippen molar-refractivity contribution in [3.8, 4) is 5.75 Å². The van der Waals surface area contributed by atoms with E-state index in [2.05, 4.69) is 45.5 Å². The third kappa shape index (κ3) is 7.72. The van der Waals surface area contributed by atoms with Gasteiger partial charge in [-0.05, 0) is 66.3 Å². The molecule has 0 unspecified atom stereocenters. The van der Waals surface area contributed by atoms with Crippen LogP contribution in [0.2, 0.25) is 0 Å². The molecule has 1 heterocycles. The van der Waals surface area contributed by atoms with E-state index in [1.807, 2.05) is 84.9 Å². The number of aliphatic hydroxyl groups is 1. The lowest BCUT2D eigenvalue weighted by Crippen LogP contribution is -2.50. The first-order chi connectivity index (χ1) is 21.1. The SMILES string of the molecule is O=C(NCCCCc1ccccc1)[C@]1(Cc2ccccc2Br)N=C(c2ccc(OCCCO)cc2)O[C@@H]1c1ccccc1. The van der Waals surface area contributed by atoms with Crippen LogP contribution in [0.3, 0.4) is 0 Å². The first kappa shape index (κ1) is 30.5. The molecule has 43 heavy (non-hydrogen) atoms. The van der Waals surface area contributed by atoms with Crippen molar-refractivity contribution in [2.45, 2.75) is 43.7 Å². The lowest BCUT2D eigenvalue weighted by Gasteiger charge is -2.31. The summed E-state index contributed by atoms with van der Waals surface area (Å²) in [6, 6.07) is 35.7. The van der Waals surface area contributed by atoms with E-state index >= 15 is 0 Å². The number of rotatable bonds is 14. The Morgan fingerprint density at radius 1 is 0.884 bits per heavy atom. The van der Waals surface area contributed by atoms with E-state index in [-0.39, 0.29) is 12.5 Å². The van der Waals surface area contributed by atoms with Gasteiger partial charge in [0.05, 0.1) is 6.61 Å². The van der Waals surface area contributed by atoms with Crippen LogP contribution in [0.5, 0.6) is 5.75 Å². The van der Waals surface area contributed by atoms with Crippen molar-refractivity contribution in [3.63, 3.8) is 0 Å². The van der Waals surface area contributed by atoms with E-state index < -0.39 is 11.6 Å². The maximum Gasteiger partial charge on any atom is 0.252 e. The van der Waals surface area contributed by atoms with Gasteiger partial charge >= 0.3 is 0 Å². The summed E-state index contributed by atoms with van der Waals surface area (Å²) in [6.07, 6.45) is 3.10. The number of halogens is 1. The highest BCUT2D eigenvalue weighted by atomic mass is 79.9. The monoisotopic (exact) mass is 640 g/mol. The molecule has 0 aliphatic carbocycles. The van der Waals surface area contributed by atoms with Gasteiger partial charge in [0.1, 0.15) is 5.75 Å². The lowest BCUT2D eigenvalue weighted by atomic mass is 9.82. The second kappa shape index (κ2) is 15.0. The third-order valence-corrected chi connectivity index (χ3v) is 8.34. The molecule has 2 N–H and O–H groups in total. The molecular formula is C36H37BrN2O4. The summed E-state index contributed by atoms with van der Waals surface area (Å²) in [6.45, 7) is 1.07. The Kier molecular flexibility index (Phi) is 10.6. The smallest absolute Gasteiger partial charge is 0.252 e. The minimum atomic E-state index is -1.23. The molecule has 1 aliphatic heterocycles. The largest absolute Gasteiger partial charge is 0.494 e. The zero-order valence-corrected chi connectivity index (χ0v) is 25.7. The van der Waals surface area contributed by atoms with Gasteiger partial charge in [0.15, 0.2) is 11.6 Å². The molecule has 0 spiro atoms. The predicted octanol–water partition coefficient (Wildman–Crippen LogP) is 6.85. The second-order valence-corrected chi connectivity index (χ2v) is 11.5. The maximum atomic E-state index is 14.3. The number of aliphatic hydroxyl groups excluding tert-OH is 1. The third-order valence-electron chi connectivity index (χ3n) is 7.57. The number of amides is 1. The van der Waals surface area contributed by atoms with Crippen LogP contribution in [0, 0.1) is 0 Å². The van der Waals surface area contributed by atoms with Gasteiger partial charge in [-0.15, -0.1) is 0 Å². The number of aryl methyl sites for hydroxylation is 1. The summed E-state index contributed by atoms with van der Waals surface area (Å²) >= 11 is 3.69. The number of carbonyl (C=O) groups is 1. The highest BCUT2D eigenvalue weighted by Crippen LogP contribution is 2.43. The second-order valence-electron chi connectivity index (χ2n) is 10.7. The molecule has 0 radical (unpaired) electrons. The molecule has 0 saturated heterocycles. The topological polar surface area (TPSA) is 80.2 Å². The van der Waals surface area contributed by atoms with Crippen LogP contribution in [-0.4, -0.2) is 42.2 Å². The van der Waals surface area contributed by atoms with Crippen LogP contribution in [0.4, 0.5) is 0 Å². The van der Waals surface area contributed by atoms with Crippen LogP contribution in [0.15, 0.2) is 119 Å². The van der Waals surface area contributed by atoms with Gasteiger partial charge in [0, 0.05) is 36.0 Å². The maximum absolute atomic E-state index is 14.3. The first-order valence-electron chi connectivity index (χ1n) is 14.8. The number of nitrogens with zero attached hydrogens (tertiary/aromatic N) is 1. The summed E-state index contributed by atoms with van der Waals surface area (Å²) in [4.78, 5) is 19.4. The van der Waals surface area contributed by atoms with Gasteiger partial charge in [0.25, 0.3) is 5.91 Å². The van der Waals surface area contributed by atoms with Crippen molar-refractivity contribution in [1.82, 2.24) is 5.32 Å². The number of carbonyl (C=O) groups excluding carboxylic acids is 1. The fourth-order valence-corrected chi connectivity index (χ4v) is 5.72. The average Bonchev–Trinajstić information content (AvgIpc) is 3.44. The number of ether oxygens (including phenoxy) is 2. The highest BCUT2D eigenvalue weighted by molar-refractivity contribution is 9.10. The summed E-state index contributed by atoms with van der Waals surface area (Å²) in [5, 5.41) is 12.3. The van der Waals surface area contributed by atoms with Crippen molar-refractivity contribution in [2.75, 3.05) is 19.8 Å². The Balaban J connectivity index is 1.43. The van der Waals surface area contributed by atoms with Gasteiger partial charge in [-0.2, -0.15) is 0 Å². The van der Waals surface area contributed by atoms with Gasteiger partial charge in [-0.1, -0.05) is 94.8 Å². The first-order valence-corrected chi connectivity index (χ1v) is 15.6. The number of benzene rings is 4. The van der Waals surface area contributed by atoms with Crippen molar-refractivity contribution in [2.24, 2.45) is 4.99 Å². The summed E-state index contributed by atoms with van der Waals surface area (Å²) < 4.78 is 13.2. The molecular weight excluding hydrogens is 604 g/mol. The molecule has 1 aliphatic rings. The fraction of sp³-hybridized carbons (Fsp3) is 0.278. The van der Waals surface area contributed by atoms with Crippen LogP contribution in [0.1, 0.15) is 47.6 Å². The van der Waals surface area contributed by atoms with Crippen LogP contribution in [-0.2, 0) is 22.4 Å². The average molecular weight is 642 g/mol. The Bertz CT molecular complexity index is 1490. The Labute approximate surface area is 261 Å². The molecule has 2 atom stereocenters. The van der Waals surface area contributed by atoms with E-state index in [1.165, 1.54) is 5.56 Å². The number of nitrogens with one attached hydrogen (secondary N) is 1. The molecule has 0 bridgehead atoms. The van der Waals surface area contributed by atoms with Crippen LogP contribution in [0.25, 0.3) is 0 Å². The lowest BCUT2D eigenvalue weighted by molar-refractivity contribution is -0.128. The van der Waals surface area contributed by atoms with E-state index in [9.17, 15) is 4.79 Å². The molecule has 4 aromatic rings. The van der Waals surface area contributed by atoms with Crippen molar-refractivity contribution in [1.29, 1.82) is 0 Å². The summed E-state index contributed by atoms with van der Waals surface area (Å²) in [5.41, 5.74) is 2.70. The van der Waals surface area contributed by atoms with Gasteiger partial charge in [-0.3, -0.25) is 4.79 Å². The molecule has 7 heteroatoms. The number of hydrogen-bond donors (Lipinski definition) is 2. The molecule has 4 aromatic carbocycles. The predicted molar refractivity (Wildman–Crippen MR) is 173 cm³/mol. The molecule has 222 valence electrons. The van der Waals surface area contributed by atoms with Gasteiger partial charge < -0.3 is 19.9 Å². The summed E-state index contributed by atoms with van der Waals surface area (Å²) in [7, 11) is 0. The minimum absolute atomic E-state index is 0.0817. The van der Waals surface area contributed by atoms with Gasteiger partial charge in [-0.25, -0.2) is 4.99 Å². The highest BCUT2D eigenvalue weighted by Gasteiger charge is 2.53. The van der Waals surface area contributed by atoms with Crippen LogP contribution < -0.4 is 10.1 Å². The quantitative estimate of drug-likeness (QED) is 0.148. The summed E-state index contributed by atoms with van der Waals surface area (Å²) in [5.74, 6) is 0.959. The van der Waals surface area contributed by atoms with Crippen LogP contribution >= 0.6 is 15.9 Å². The molecule has 0 fully saturated rings. The number of unbranched alkanes of at least 4 members (excludes halogenated alkanes) is 1. The van der Waals surface area contributed by atoms with Crippen molar-refractivity contribution < 1.29 is 19.4 Å². The Hall–Kier alpha value is -3.94. The van der Waals surface area contributed by atoms with E-state index in [4.69, 9.17) is 19.6 Å². The standard InChI is InChI=1S/C36H37BrN2O4/c37-32-18-8-7-17-30(32)26-36(35(41)38-23-10-9-14-27-12-3-1-4-13-27)33(28-15-5-2-6-16-28)43-34(39-36)29-19-21-31(22-20-29)42-25-11-24-40/h1-8,12-13,15-22,33,40H,9-11,14,23-26H2,(H,38,41)/t33-,36-/m1/s1. The zero-order chi connectivity index (χ0) is 29.9.